The van der Waals surface area contributed by atoms with E-state index in [0.717, 1.165) is 18.0 Å². The smallest absolute Gasteiger partial charge is 0.0238 e. The van der Waals surface area contributed by atoms with Crippen LogP contribution in [0.25, 0.3) is 0 Å². The number of nitrogens with one attached hydrogen (secondary N) is 1. The molecule has 17 heavy (non-hydrogen) atoms. The van der Waals surface area contributed by atoms with Gasteiger partial charge >= 0.3 is 0 Å². The van der Waals surface area contributed by atoms with Crippen molar-refractivity contribution in [1.82, 2.24) is 10.2 Å². The summed E-state index contributed by atoms with van der Waals surface area (Å²) in [6.07, 6.45) is 4.23. The number of thioether (sulfide) groups is 1. The summed E-state index contributed by atoms with van der Waals surface area (Å²) in [7, 11) is 0. The van der Waals surface area contributed by atoms with Gasteiger partial charge in [0.1, 0.15) is 0 Å². The average Bonchev–Trinajstić information content (AvgIpc) is 2.71. The zero-order valence-corrected chi connectivity index (χ0v) is 12.1. The summed E-state index contributed by atoms with van der Waals surface area (Å²) in [5, 5.41) is 3.73. The van der Waals surface area contributed by atoms with Crippen molar-refractivity contribution in [3.63, 3.8) is 0 Å². The highest BCUT2D eigenvalue weighted by Gasteiger charge is 2.43. The van der Waals surface area contributed by atoms with Crippen LogP contribution in [0.5, 0.6) is 0 Å². The summed E-state index contributed by atoms with van der Waals surface area (Å²) in [6, 6.07) is 1.61. The molecule has 0 bridgehead atoms. The molecular formula is C14H26N2S. The van der Waals surface area contributed by atoms with Crippen LogP contribution in [0.4, 0.5) is 0 Å². The van der Waals surface area contributed by atoms with E-state index in [2.05, 4.69) is 35.8 Å². The Morgan fingerprint density at radius 1 is 1.29 bits per heavy atom. The van der Waals surface area contributed by atoms with Gasteiger partial charge in [-0.3, -0.25) is 4.90 Å². The molecule has 3 aliphatic heterocycles. The van der Waals surface area contributed by atoms with Crippen molar-refractivity contribution in [2.45, 2.75) is 45.2 Å². The van der Waals surface area contributed by atoms with Crippen molar-refractivity contribution in [3.05, 3.63) is 0 Å². The molecule has 3 saturated heterocycles. The maximum atomic E-state index is 3.73. The van der Waals surface area contributed by atoms with Crippen LogP contribution >= 0.6 is 11.8 Å². The molecule has 1 unspecified atom stereocenters. The zero-order valence-electron chi connectivity index (χ0n) is 11.2. The molecule has 0 spiro atoms. The van der Waals surface area contributed by atoms with Crippen LogP contribution in [0.1, 0.15) is 33.1 Å². The fourth-order valence-corrected chi connectivity index (χ4v) is 5.58. The Bertz CT molecular complexity index is 265. The number of hydrogen-bond acceptors (Lipinski definition) is 3. The predicted molar refractivity (Wildman–Crippen MR) is 75.6 cm³/mol. The van der Waals surface area contributed by atoms with E-state index in [-0.39, 0.29) is 0 Å². The van der Waals surface area contributed by atoms with Gasteiger partial charge in [-0.15, -0.1) is 0 Å². The lowest BCUT2D eigenvalue weighted by Gasteiger charge is -2.43. The van der Waals surface area contributed by atoms with Gasteiger partial charge in [-0.05, 0) is 42.9 Å². The van der Waals surface area contributed by atoms with Crippen molar-refractivity contribution in [1.29, 1.82) is 0 Å². The molecule has 0 aromatic carbocycles. The molecule has 3 atom stereocenters. The maximum Gasteiger partial charge on any atom is 0.0238 e. The van der Waals surface area contributed by atoms with Crippen LogP contribution in [-0.4, -0.2) is 48.1 Å². The van der Waals surface area contributed by atoms with Crippen LogP contribution in [-0.2, 0) is 0 Å². The van der Waals surface area contributed by atoms with Gasteiger partial charge in [0.2, 0.25) is 0 Å². The van der Waals surface area contributed by atoms with E-state index in [9.17, 15) is 0 Å². The standard InChI is InChI=1S/C14H26N2S/c1-14(2)5-7-17-10-13(14)16-8-11-4-3-6-15-12(11)9-16/h11-13,15H,3-10H2,1-2H3/t11-,12+,13?/m0/s1. The first-order valence-electron chi connectivity index (χ1n) is 7.22. The second-order valence-electron chi connectivity index (χ2n) is 6.75. The zero-order chi connectivity index (χ0) is 11.9. The third-order valence-corrected chi connectivity index (χ3v) is 6.18. The van der Waals surface area contributed by atoms with Crippen molar-refractivity contribution in [2.24, 2.45) is 11.3 Å². The summed E-state index contributed by atoms with van der Waals surface area (Å²) in [5.41, 5.74) is 0.527. The number of rotatable bonds is 1. The molecule has 0 amide bonds. The Kier molecular flexibility index (Phi) is 3.44. The molecular weight excluding hydrogens is 228 g/mol. The van der Waals surface area contributed by atoms with Gasteiger partial charge < -0.3 is 5.32 Å². The SMILES string of the molecule is CC1(C)CCSCC1N1C[C@@H]2CCCN[C@@H]2C1. The summed E-state index contributed by atoms with van der Waals surface area (Å²) in [5.74, 6) is 3.65. The second-order valence-corrected chi connectivity index (χ2v) is 7.90. The van der Waals surface area contributed by atoms with E-state index >= 15 is 0 Å². The Hall–Kier alpha value is 0.270. The Morgan fingerprint density at radius 2 is 2.18 bits per heavy atom. The maximum absolute atomic E-state index is 3.73. The third-order valence-electron chi connectivity index (χ3n) is 5.14. The van der Waals surface area contributed by atoms with Crippen LogP contribution in [0.3, 0.4) is 0 Å². The Balaban J connectivity index is 1.68. The summed E-state index contributed by atoms with van der Waals surface area (Å²) in [6.45, 7) is 8.86. The minimum Gasteiger partial charge on any atom is -0.312 e. The van der Waals surface area contributed by atoms with Crippen molar-refractivity contribution in [2.75, 3.05) is 31.1 Å². The molecule has 2 nitrogen and oxygen atoms in total. The van der Waals surface area contributed by atoms with Gasteiger partial charge in [-0.1, -0.05) is 13.8 Å². The number of likely N-dealkylation sites (tertiary alicyclic amines) is 1. The van der Waals surface area contributed by atoms with Crippen LogP contribution in [0, 0.1) is 11.3 Å². The molecule has 98 valence electrons. The third kappa shape index (κ3) is 2.39. The lowest BCUT2D eigenvalue weighted by Crippen LogP contribution is -2.49. The minimum absolute atomic E-state index is 0.527. The van der Waals surface area contributed by atoms with E-state index < -0.39 is 0 Å². The van der Waals surface area contributed by atoms with Gasteiger partial charge in [0, 0.05) is 30.9 Å². The predicted octanol–water partition coefficient (Wildman–Crippen LogP) is 2.20. The van der Waals surface area contributed by atoms with E-state index in [1.54, 1.807) is 0 Å². The normalized spacial score (nSPS) is 42.4. The molecule has 0 radical (unpaired) electrons. The quantitative estimate of drug-likeness (QED) is 0.772. The van der Waals surface area contributed by atoms with E-state index in [4.69, 9.17) is 0 Å². The number of hydrogen-bond donors (Lipinski definition) is 1. The number of fused-ring (bicyclic) bond motifs is 1. The van der Waals surface area contributed by atoms with Gasteiger partial charge in [-0.25, -0.2) is 0 Å². The topological polar surface area (TPSA) is 15.3 Å². The van der Waals surface area contributed by atoms with Crippen LogP contribution in [0.2, 0.25) is 0 Å². The van der Waals surface area contributed by atoms with E-state index in [1.165, 1.54) is 50.4 Å². The van der Waals surface area contributed by atoms with Gasteiger partial charge in [-0.2, -0.15) is 11.8 Å². The number of piperidine rings is 1. The fourth-order valence-electron chi connectivity index (χ4n) is 3.86. The van der Waals surface area contributed by atoms with Crippen molar-refractivity contribution < 1.29 is 0 Å². The van der Waals surface area contributed by atoms with Gasteiger partial charge in [0.05, 0.1) is 0 Å². The molecule has 0 saturated carbocycles. The monoisotopic (exact) mass is 254 g/mol. The average molecular weight is 254 g/mol. The molecule has 0 aromatic heterocycles. The van der Waals surface area contributed by atoms with E-state index in [1.807, 2.05) is 0 Å². The molecule has 3 heterocycles. The second kappa shape index (κ2) is 4.75. The lowest BCUT2D eigenvalue weighted by molar-refractivity contribution is 0.116. The number of nitrogens with zero attached hydrogens (tertiary/aromatic N) is 1. The molecule has 3 rings (SSSR count). The first kappa shape index (κ1) is 12.3. The molecule has 0 aliphatic carbocycles. The summed E-state index contributed by atoms with van der Waals surface area (Å²) < 4.78 is 0. The van der Waals surface area contributed by atoms with Crippen LogP contribution < -0.4 is 5.32 Å². The Morgan fingerprint density at radius 3 is 2.94 bits per heavy atom. The largest absolute Gasteiger partial charge is 0.312 e. The van der Waals surface area contributed by atoms with E-state index in [0.29, 0.717) is 5.41 Å². The highest BCUT2D eigenvalue weighted by molar-refractivity contribution is 7.99. The highest BCUT2D eigenvalue weighted by atomic mass is 32.2. The summed E-state index contributed by atoms with van der Waals surface area (Å²) in [4.78, 5) is 2.81. The first-order valence-corrected chi connectivity index (χ1v) is 8.37. The first-order chi connectivity index (χ1) is 8.17. The molecule has 3 aliphatic rings. The molecule has 1 N–H and O–H groups in total. The molecule has 3 heteroatoms. The summed E-state index contributed by atoms with van der Waals surface area (Å²) >= 11 is 2.16. The van der Waals surface area contributed by atoms with Crippen molar-refractivity contribution in [3.8, 4) is 0 Å². The Labute approximate surface area is 110 Å². The minimum atomic E-state index is 0.527. The highest BCUT2D eigenvalue weighted by Crippen LogP contribution is 2.40. The lowest BCUT2D eigenvalue weighted by atomic mass is 9.81. The van der Waals surface area contributed by atoms with Gasteiger partial charge in [0.25, 0.3) is 0 Å². The van der Waals surface area contributed by atoms with Crippen molar-refractivity contribution >= 4 is 11.8 Å². The molecule has 3 fully saturated rings. The van der Waals surface area contributed by atoms with Crippen LogP contribution in [0.15, 0.2) is 0 Å². The van der Waals surface area contributed by atoms with Gasteiger partial charge in [0.15, 0.2) is 0 Å². The molecule has 0 aromatic rings. The fraction of sp³-hybridized carbons (Fsp3) is 1.00.